The first kappa shape index (κ1) is 18.2. The van der Waals surface area contributed by atoms with Crippen molar-refractivity contribution >= 4 is 11.7 Å². The number of carbonyl (C=O) groups excluding carboxylic acids is 1. The normalized spacial score (nSPS) is 14.8. The second-order valence-corrected chi connectivity index (χ2v) is 7.22. The van der Waals surface area contributed by atoms with Crippen molar-refractivity contribution in [2.75, 3.05) is 18.0 Å². The van der Waals surface area contributed by atoms with Gasteiger partial charge in [0.1, 0.15) is 5.69 Å². The van der Waals surface area contributed by atoms with Gasteiger partial charge in [0.25, 0.3) is 0 Å². The molecule has 2 aromatic heterocycles. The largest absolute Gasteiger partial charge is 0.463 e. The van der Waals surface area contributed by atoms with Gasteiger partial charge >= 0.3 is 0 Å². The van der Waals surface area contributed by atoms with Crippen molar-refractivity contribution in [2.45, 2.75) is 26.3 Å². The average Bonchev–Trinajstić information content (AvgIpc) is 3.28. The summed E-state index contributed by atoms with van der Waals surface area (Å²) in [5.41, 5.74) is 3.07. The number of anilines is 1. The van der Waals surface area contributed by atoms with Crippen LogP contribution in [0.25, 0.3) is 11.5 Å². The summed E-state index contributed by atoms with van der Waals surface area (Å²) in [6.45, 7) is 4.25. The van der Waals surface area contributed by atoms with E-state index in [0.29, 0.717) is 12.3 Å². The highest BCUT2D eigenvalue weighted by molar-refractivity contribution is 5.79. The molecule has 1 aliphatic rings. The van der Waals surface area contributed by atoms with Crippen molar-refractivity contribution in [1.82, 2.24) is 15.5 Å². The Morgan fingerprint density at radius 2 is 1.89 bits per heavy atom. The van der Waals surface area contributed by atoms with E-state index in [-0.39, 0.29) is 11.8 Å². The van der Waals surface area contributed by atoms with Crippen LogP contribution in [-0.2, 0) is 11.3 Å². The smallest absolute Gasteiger partial charge is 0.223 e. The van der Waals surface area contributed by atoms with Crippen LogP contribution in [0.5, 0.6) is 0 Å². The Kier molecular flexibility index (Phi) is 5.37. The fraction of sp³-hybridized carbons (Fsp3) is 0.318. The van der Waals surface area contributed by atoms with Crippen molar-refractivity contribution in [3.8, 4) is 11.5 Å². The highest BCUT2D eigenvalue weighted by atomic mass is 16.3. The van der Waals surface area contributed by atoms with Crippen LogP contribution in [0.3, 0.4) is 0 Å². The van der Waals surface area contributed by atoms with Crippen LogP contribution in [0, 0.1) is 12.8 Å². The number of hydrogen-bond acceptors (Lipinski definition) is 5. The molecule has 3 heterocycles. The Balaban J connectivity index is 1.28. The van der Waals surface area contributed by atoms with Gasteiger partial charge in [-0.1, -0.05) is 29.8 Å². The predicted molar refractivity (Wildman–Crippen MR) is 108 cm³/mol. The van der Waals surface area contributed by atoms with Gasteiger partial charge in [0, 0.05) is 25.6 Å². The van der Waals surface area contributed by atoms with Gasteiger partial charge in [0.05, 0.1) is 6.26 Å². The lowest BCUT2D eigenvalue weighted by atomic mass is 9.96. The summed E-state index contributed by atoms with van der Waals surface area (Å²) in [7, 11) is 0. The van der Waals surface area contributed by atoms with Gasteiger partial charge in [-0.2, -0.15) is 0 Å². The van der Waals surface area contributed by atoms with Gasteiger partial charge in [0.2, 0.25) is 5.91 Å². The number of carbonyl (C=O) groups is 1. The Labute approximate surface area is 164 Å². The van der Waals surface area contributed by atoms with Crippen molar-refractivity contribution in [3.63, 3.8) is 0 Å². The van der Waals surface area contributed by atoms with Crippen LogP contribution in [0.2, 0.25) is 0 Å². The molecular formula is C22H24N4O2. The minimum atomic E-state index is 0.0528. The van der Waals surface area contributed by atoms with Gasteiger partial charge in [-0.15, -0.1) is 10.2 Å². The molecule has 6 nitrogen and oxygen atoms in total. The molecule has 144 valence electrons. The van der Waals surface area contributed by atoms with Crippen molar-refractivity contribution in [3.05, 3.63) is 65.9 Å². The Morgan fingerprint density at radius 3 is 2.54 bits per heavy atom. The maximum atomic E-state index is 12.5. The average molecular weight is 376 g/mol. The van der Waals surface area contributed by atoms with E-state index in [1.165, 1.54) is 5.56 Å². The number of nitrogens with one attached hydrogen (secondary N) is 1. The van der Waals surface area contributed by atoms with E-state index in [1.54, 1.807) is 6.26 Å². The molecule has 28 heavy (non-hydrogen) atoms. The highest BCUT2D eigenvalue weighted by Gasteiger charge is 2.25. The summed E-state index contributed by atoms with van der Waals surface area (Å²) in [5.74, 6) is 1.74. The SMILES string of the molecule is Cc1ccc(CNC(=O)C2CCN(c3ccc(-c4ccco4)nn3)CC2)cc1. The van der Waals surface area contributed by atoms with E-state index in [9.17, 15) is 4.79 Å². The Morgan fingerprint density at radius 1 is 1.11 bits per heavy atom. The molecule has 1 fully saturated rings. The van der Waals surface area contributed by atoms with E-state index >= 15 is 0 Å². The summed E-state index contributed by atoms with van der Waals surface area (Å²) in [6, 6.07) is 15.8. The summed E-state index contributed by atoms with van der Waals surface area (Å²) in [4.78, 5) is 14.7. The number of aryl methyl sites for hydroxylation is 1. The zero-order chi connectivity index (χ0) is 19.3. The number of rotatable bonds is 5. The van der Waals surface area contributed by atoms with E-state index in [1.807, 2.05) is 24.3 Å². The van der Waals surface area contributed by atoms with Gasteiger partial charge in [-0.3, -0.25) is 4.79 Å². The summed E-state index contributed by atoms with van der Waals surface area (Å²) < 4.78 is 5.35. The van der Waals surface area contributed by atoms with Gasteiger partial charge in [-0.05, 0) is 49.6 Å². The molecular weight excluding hydrogens is 352 g/mol. The first-order chi connectivity index (χ1) is 13.7. The molecule has 0 atom stereocenters. The highest BCUT2D eigenvalue weighted by Crippen LogP contribution is 2.23. The third kappa shape index (κ3) is 4.22. The molecule has 0 spiro atoms. The van der Waals surface area contributed by atoms with Crippen LogP contribution in [0.4, 0.5) is 5.82 Å². The second-order valence-electron chi connectivity index (χ2n) is 7.22. The number of aromatic nitrogens is 2. The maximum Gasteiger partial charge on any atom is 0.223 e. The topological polar surface area (TPSA) is 71.3 Å². The molecule has 3 aromatic rings. The third-order valence-corrected chi connectivity index (χ3v) is 5.20. The van der Waals surface area contributed by atoms with Crippen molar-refractivity contribution < 1.29 is 9.21 Å². The number of nitrogens with zero attached hydrogens (tertiary/aromatic N) is 3. The zero-order valence-electron chi connectivity index (χ0n) is 16.0. The maximum absolute atomic E-state index is 12.5. The molecule has 0 saturated carbocycles. The molecule has 0 bridgehead atoms. The number of amides is 1. The molecule has 1 aliphatic heterocycles. The summed E-state index contributed by atoms with van der Waals surface area (Å²) in [5, 5.41) is 11.7. The fourth-order valence-corrected chi connectivity index (χ4v) is 3.46. The Bertz CT molecular complexity index is 897. The number of benzene rings is 1. The van der Waals surface area contributed by atoms with Gasteiger partial charge in [-0.25, -0.2) is 0 Å². The standard InChI is InChI=1S/C22H24N4O2/c1-16-4-6-17(7-5-16)15-23-22(27)18-10-12-26(13-11-18)21-9-8-19(24-25-21)20-3-2-14-28-20/h2-9,14,18H,10-13,15H2,1H3,(H,23,27). The summed E-state index contributed by atoms with van der Waals surface area (Å²) in [6.07, 6.45) is 3.27. The minimum Gasteiger partial charge on any atom is -0.463 e. The van der Waals surface area contributed by atoms with Crippen LogP contribution >= 0.6 is 0 Å². The molecule has 0 aliphatic carbocycles. The molecule has 0 radical (unpaired) electrons. The molecule has 1 saturated heterocycles. The van der Waals surface area contributed by atoms with Crippen molar-refractivity contribution in [1.29, 1.82) is 0 Å². The molecule has 0 unspecified atom stereocenters. The van der Waals surface area contributed by atoms with Gasteiger partial charge < -0.3 is 14.6 Å². The first-order valence-electron chi connectivity index (χ1n) is 9.65. The zero-order valence-corrected chi connectivity index (χ0v) is 16.0. The lowest BCUT2D eigenvalue weighted by Crippen LogP contribution is -2.40. The third-order valence-electron chi connectivity index (χ3n) is 5.20. The van der Waals surface area contributed by atoms with E-state index < -0.39 is 0 Å². The first-order valence-corrected chi connectivity index (χ1v) is 9.65. The lowest BCUT2D eigenvalue weighted by Gasteiger charge is -2.31. The molecule has 1 amide bonds. The predicted octanol–water partition coefficient (Wildman–Crippen LogP) is 3.58. The minimum absolute atomic E-state index is 0.0528. The molecule has 6 heteroatoms. The van der Waals surface area contributed by atoms with Crippen LogP contribution < -0.4 is 10.2 Å². The second kappa shape index (κ2) is 8.25. The quantitative estimate of drug-likeness (QED) is 0.737. The number of piperidine rings is 1. The van der Waals surface area contributed by atoms with Crippen molar-refractivity contribution in [2.24, 2.45) is 5.92 Å². The van der Waals surface area contributed by atoms with E-state index in [0.717, 1.165) is 43.0 Å². The van der Waals surface area contributed by atoms with E-state index in [4.69, 9.17) is 4.42 Å². The molecule has 1 aromatic carbocycles. The van der Waals surface area contributed by atoms with Crippen LogP contribution in [0.15, 0.2) is 59.2 Å². The molecule has 1 N–H and O–H groups in total. The van der Waals surface area contributed by atoms with Gasteiger partial charge in [0.15, 0.2) is 11.6 Å². The van der Waals surface area contributed by atoms with Crippen LogP contribution in [0.1, 0.15) is 24.0 Å². The number of furan rings is 1. The lowest BCUT2D eigenvalue weighted by molar-refractivity contribution is -0.125. The van der Waals surface area contributed by atoms with Crippen LogP contribution in [-0.4, -0.2) is 29.2 Å². The Hall–Kier alpha value is -3.15. The monoisotopic (exact) mass is 376 g/mol. The molecule has 4 rings (SSSR count). The summed E-state index contributed by atoms with van der Waals surface area (Å²) >= 11 is 0. The van der Waals surface area contributed by atoms with E-state index in [2.05, 4.69) is 51.6 Å². The fourth-order valence-electron chi connectivity index (χ4n) is 3.46. The number of hydrogen-bond donors (Lipinski definition) is 1.